The van der Waals surface area contributed by atoms with Crippen molar-refractivity contribution in [2.24, 2.45) is 0 Å². The summed E-state index contributed by atoms with van der Waals surface area (Å²) in [6.45, 7) is 2.20. The van der Waals surface area contributed by atoms with E-state index in [-0.39, 0.29) is 11.9 Å². The first-order chi connectivity index (χ1) is 9.36. The maximum absolute atomic E-state index is 11.8. The first kappa shape index (κ1) is 14.2. The molecule has 1 fully saturated rings. The second-order valence-electron chi connectivity index (χ2n) is 4.39. The van der Waals surface area contributed by atoms with Crippen molar-refractivity contribution in [1.29, 1.82) is 0 Å². The highest BCUT2D eigenvalue weighted by molar-refractivity contribution is 7.99. The van der Waals surface area contributed by atoms with Gasteiger partial charge in [-0.3, -0.25) is 4.79 Å². The number of para-hydroxylation sites is 1. The largest absolute Gasteiger partial charge is 0.494 e. The van der Waals surface area contributed by atoms with Gasteiger partial charge in [-0.05, 0) is 18.6 Å². The van der Waals surface area contributed by atoms with Crippen LogP contribution in [0.15, 0.2) is 30.3 Å². The Balaban J connectivity index is 1.55. The van der Waals surface area contributed by atoms with E-state index in [1.165, 1.54) is 0 Å². The molecule has 1 aromatic carbocycles. The van der Waals surface area contributed by atoms with E-state index in [0.717, 1.165) is 30.2 Å². The van der Waals surface area contributed by atoms with Crippen LogP contribution in [0.3, 0.4) is 0 Å². The normalized spacial score (nSPS) is 18.8. The Morgan fingerprint density at radius 2 is 2.26 bits per heavy atom. The standard InChI is InChI=1S/C14H20N2O2S/c17-14(13-11-19-10-8-15-13)16-7-4-9-18-12-5-2-1-3-6-12/h1-3,5-6,13,15H,4,7-11H2,(H,16,17). The maximum Gasteiger partial charge on any atom is 0.237 e. The molecule has 5 heteroatoms. The average Bonchev–Trinajstić information content (AvgIpc) is 2.49. The number of amides is 1. The van der Waals surface area contributed by atoms with Crippen LogP contribution in [0.2, 0.25) is 0 Å². The van der Waals surface area contributed by atoms with Crippen molar-refractivity contribution in [3.63, 3.8) is 0 Å². The first-order valence-electron chi connectivity index (χ1n) is 6.63. The van der Waals surface area contributed by atoms with Crippen LogP contribution in [0, 0.1) is 0 Å². The van der Waals surface area contributed by atoms with E-state index in [1.54, 1.807) is 0 Å². The fraction of sp³-hybridized carbons (Fsp3) is 0.500. The number of ether oxygens (including phenoxy) is 1. The number of carbonyl (C=O) groups excluding carboxylic acids is 1. The minimum Gasteiger partial charge on any atom is -0.494 e. The molecule has 1 aliphatic heterocycles. The highest BCUT2D eigenvalue weighted by Crippen LogP contribution is 2.08. The maximum atomic E-state index is 11.8. The first-order valence-corrected chi connectivity index (χ1v) is 7.78. The van der Waals surface area contributed by atoms with E-state index in [9.17, 15) is 4.79 Å². The van der Waals surface area contributed by atoms with Gasteiger partial charge in [0.1, 0.15) is 5.75 Å². The Kier molecular flexibility index (Phi) is 6.04. The highest BCUT2D eigenvalue weighted by Gasteiger charge is 2.19. The molecule has 0 aromatic heterocycles. The molecule has 19 heavy (non-hydrogen) atoms. The van der Waals surface area contributed by atoms with Crippen LogP contribution >= 0.6 is 11.8 Å². The molecule has 2 N–H and O–H groups in total. The quantitative estimate of drug-likeness (QED) is 0.771. The van der Waals surface area contributed by atoms with Gasteiger partial charge >= 0.3 is 0 Å². The predicted molar refractivity (Wildman–Crippen MR) is 78.7 cm³/mol. The second kappa shape index (κ2) is 8.07. The molecule has 1 aromatic rings. The van der Waals surface area contributed by atoms with Gasteiger partial charge in [0.15, 0.2) is 0 Å². The molecule has 104 valence electrons. The van der Waals surface area contributed by atoms with Crippen LogP contribution in [-0.2, 0) is 4.79 Å². The molecule has 4 nitrogen and oxygen atoms in total. The van der Waals surface area contributed by atoms with Crippen molar-refractivity contribution in [3.05, 3.63) is 30.3 Å². The molecule has 1 heterocycles. The van der Waals surface area contributed by atoms with E-state index >= 15 is 0 Å². The average molecular weight is 280 g/mol. The van der Waals surface area contributed by atoms with Gasteiger partial charge < -0.3 is 15.4 Å². The molecule has 0 radical (unpaired) electrons. The lowest BCUT2D eigenvalue weighted by atomic mass is 10.3. The zero-order valence-corrected chi connectivity index (χ0v) is 11.7. The van der Waals surface area contributed by atoms with Crippen LogP contribution in [0.1, 0.15) is 6.42 Å². The fourth-order valence-corrected chi connectivity index (χ4v) is 2.78. The van der Waals surface area contributed by atoms with Gasteiger partial charge in [-0.15, -0.1) is 0 Å². The number of benzene rings is 1. The Morgan fingerprint density at radius 3 is 3.00 bits per heavy atom. The lowest BCUT2D eigenvalue weighted by molar-refractivity contribution is -0.122. The molecule has 2 rings (SSSR count). The van der Waals surface area contributed by atoms with Crippen LogP contribution < -0.4 is 15.4 Å². The molecule has 0 spiro atoms. The van der Waals surface area contributed by atoms with Crippen molar-refractivity contribution in [2.45, 2.75) is 12.5 Å². The summed E-state index contributed by atoms with van der Waals surface area (Å²) in [6, 6.07) is 9.69. The second-order valence-corrected chi connectivity index (χ2v) is 5.54. The molecule has 1 amide bonds. The van der Waals surface area contributed by atoms with Gasteiger partial charge in [0, 0.05) is 24.6 Å². The minimum atomic E-state index is -0.0335. The van der Waals surface area contributed by atoms with Gasteiger partial charge in [0.25, 0.3) is 0 Å². The van der Waals surface area contributed by atoms with Gasteiger partial charge in [0.2, 0.25) is 5.91 Å². The van der Waals surface area contributed by atoms with Crippen LogP contribution in [0.5, 0.6) is 5.75 Å². The van der Waals surface area contributed by atoms with E-state index in [0.29, 0.717) is 13.2 Å². The van der Waals surface area contributed by atoms with Crippen molar-refractivity contribution in [1.82, 2.24) is 10.6 Å². The summed E-state index contributed by atoms with van der Waals surface area (Å²) < 4.78 is 5.56. The number of hydrogen-bond acceptors (Lipinski definition) is 4. The monoisotopic (exact) mass is 280 g/mol. The fourth-order valence-electron chi connectivity index (χ4n) is 1.85. The molecular weight excluding hydrogens is 260 g/mol. The molecule has 0 aliphatic carbocycles. The van der Waals surface area contributed by atoms with Crippen LogP contribution in [0.25, 0.3) is 0 Å². The Bertz CT molecular complexity index is 380. The van der Waals surface area contributed by atoms with Gasteiger partial charge in [-0.1, -0.05) is 18.2 Å². The zero-order valence-electron chi connectivity index (χ0n) is 10.9. The molecule has 0 bridgehead atoms. The number of carbonyl (C=O) groups is 1. The Labute approximate surface area is 118 Å². The van der Waals surface area contributed by atoms with Crippen molar-refractivity contribution in [2.75, 3.05) is 31.2 Å². The lowest BCUT2D eigenvalue weighted by Gasteiger charge is -2.22. The summed E-state index contributed by atoms with van der Waals surface area (Å²) in [7, 11) is 0. The third-order valence-corrected chi connectivity index (χ3v) is 3.93. The molecule has 1 saturated heterocycles. The SMILES string of the molecule is O=C(NCCCOc1ccccc1)C1CSCCN1. The minimum absolute atomic E-state index is 0.0335. The molecule has 1 atom stereocenters. The van der Waals surface area contributed by atoms with Gasteiger partial charge in [-0.25, -0.2) is 0 Å². The summed E-state index contributed by atoms with van der Waals surface area (Å²) in [5.41, 5.74) is 0. The number of thioether (sulfide) groups is 1. The van der Waals surface area contributed by atoms with Crippen LogP contribution in [-0.4, -0.2) is 43.2 Å². The summed E-state index contributed by atoms with van der Waals surface area (Å²) in [5.74, 6) is 2.94. The zero-order chi connectivity index (χ0) is 13.3. The molecular formula is C14H20N2O2S. The number of nitrogens with one attached hydrogen (secondary N) is 2. The summed E-state index contributed by atoms with van der Waals surface area (Å²) >= 11 is 1.82. The van der Waals surface area contributed by atoms with E-state index in [4.69, 9.17) is 4.74 Å². The predicted octanol–water partition coefficient (Wildman–Crippen LogP) is 1.28. The molecule has 0 saturated carbocycles. The molecule has 1 aliphatic rings. The smallest absolute Gasteiger partial charge is 0.237 e. The number of hydrogen-bond donors (Lipinski definition) is 2. The summed E-state index contributed by atoms with van der Waals surface area (Å²) in [4.78, 5) is 11.8. The highest BCUT2D eigenvalue weighted by atomic mass is 32.2. The third-order valence-electron chi connectivity index (χ3n) is 2.87. The van der Waals surface area contributed by atoms with Gasteiger partial charge in [0.05, 0.1) is 12.6 Å². The number of rotatable bonds is 6. The molecule has 1 unspecified atom stereocenters. The van der Waals surface area contributed by atoms with E-state index < -0.39 is 0 Å². The van der Waals surface area contributed by atoms with Crippen molar-refractivity contribution >= 4 is 17.7 Å². The lowest BCUT2D eigenvalue weighted by Crippen LogP contribution is -2.49. The van der Waals surface area contributed by atoms with Crippen molar-refractivity contribution < 1.29 is 9.53 Å². The summed E-state index contributed by atoms with van der Waals surface area (Å²) in [5, 5.41) is 6.17. The summed E-state index contributed by atoms with van der Waals surface area (Å²) in [6.07, 6.45) is 0.820. The van der Waals surface area contributed by atoms with E-state index in [2.05, 4.69) is 10.6 Å². The third kappa shape index (κ3) is 5.12. The van der Waals surface area contributed by atoms with Crippen molar-refractivity contribution in [3.8, 4) is 5.75 Å². The van der Waals surface area contributed by atoms with Gasteiger partial charge in [-0.2, -0.15) is 11.8 Å². The van der Waals surface area contributed by atoms with E-state index in [1.807, 2.05) is 42.1 Å². The van der Waals surface area contributed by atoms with Crippen LogP contribution in [0.4, 0.5) is 0 Å². The topological polar surface area (TPSA) is 50.4 Å². The Morgan fingerprint density at radius 1 is 1.42 bits per heavy atom. The Hall–Kier alpha value is -1.20.